The van der Waals surface area contributed by atoms with E-state index in [-0.39, 0.29) is 23.8 Å². The highest BCUT2D eigenvalue weighted by Gasteiger charge is 2.51. The van der Waals surface area contributed by atoms with E-state index in [9.17, 15) is 14.7 Å². The molecule has 4 bridgehead atoms. The third-order valence-corrected chi connectivity index (χ3v) is 8.93. The number of aromatic nitrogens is 2. The maximum Gasteiger partial charge on any atom is 0.272 e. The third-order valence-electron chi connectivity index (χ3n) is 8.93. The van der Waals surface area contributed by atoms with E-state index in [1.807, 2.05) is 18.2 Å². The normalized spacial score (nSPS) is 31.7. The zero-order valence-corrected chi connectivity index (χ0v) is 19.2. The molecule has 2 amide bonds. The largest absolute Gasteiger partial charge is 0.394 e. The van der Waals surface area contributed by atoms with Gasteiger partial charge in [0.2, 0.25) is 5.91 Å². The summed E-state index contributed by atoms with van der Waals surface area (Å²) in [6.45, 7) is -0.0578. The van der Waals surface area contributed by atoms with Gasteiger partial charge in [0.25, 0.3) is 5.91 Å². The molecule has 5 fully saturated rings. The Labute approximate surface area is 194 Å². The van der Waals surface area contributed by atoms with Gasteiger partial charge < -0.3 is 15.7 Å². The standard InChI is InChI=1S/C26H34N4O3/c31-16-26(6-1-2-7-26)29-24(33)20-15-30-21(27-20)4-3-5-22(30)28-23(32)14-25-11-17-8-18(12-25)10-19(9-17)13-25/h3-5,15,17-19,31H,1-2,6-14,16H2,(H,28,32)(H,29,33). The van der Waals surface area contributed by atoms with Crippen LogP contribution >= 0.6 is 0 Å². The summed E-state index contributed by atoms with van der Waals surface area (Å²) in [5.74, 6) is 2.90. The molecule has 2 heterocycles. The fraction of sp³-hybridized carbons (Fsp3) is 0.654. The molecule has 5 aliphatic rings. The zero-order chi connectivity index (χ0) is 22.6. The number of carbonyl (C=O) groups excluding carboxylic acids is 2. The van der Waals surface area contributed by atoms with Gasteiger partial charge in [-0.15, -0.1) is 0 Å². The van der Waals surface area contributed by atoms with E-state index in [1.165, 1.54) is 38.5 Å². The van der Waals surface area contributed by atoms with Crippen molar-refractivity contribution in [3.8, 4) is 0 Å². The van der Waals surface area contributed by atoms with Crippen LogP contribution in [0, 0.1) is 23.2 Å². The number of carbonyl (C=O) groups is 2. The van der Waals surface area contributed by atoms with Crippen molar-refractivity contribution in [3.05, 3.63) is 30.1 Å². The maximum absolute atomic E-state index is 13.1. The summed E-state index contributed by atoms with van der Waals surface area (Å²) in [4.78, 5) is 30.5. The van der Waals surface area contributed by atoms with Crippen molar-refractivity contribution in [2.24, 2.45) is 23.2 Å². The first-order chi connectivity index (χ1) is 15.9. The number of fused-ring (bicyclic) bond motifs is 1. The molecule has 0 unspecified atom stereocenters. The highest BCUT2D eigenvalue weighted by atomic mass is 16.3. The van der Waals surface area contributed by atoms with Crippen molar-refractivity contribution in [2.75, 3.05) is 11.9 Å². The molecule has 0 radical (unpaired) electrons. The molecule has 7 heteroatoms. The fourth-order valence-electron chi connectivity index (χ4n) is 7.94. The van der Waals surface area contributed by atoms with Crippen molar-refractivity contribution in [1.82, 2.24) is 14.7 Å². The number of aliphatic hydroxyl groups excluding tert-OH is 1. The van der Waals surface area contributed by atoms with Gasteiger partial charge in [0.15, 0.2) is 0 Å². The molecule has 0 atom stereocenters. The molecule has 176 valence electrons. The van der Waals surface area contributed by atoms with E-state index in [2.05, 4.69) is 15.6 Å². The van der Waals surface area contributed by atoms with E-state index in [1.54, 1.807) is 10.6 Å². The van der Waals surface area contributed by atoms with Gasteiger partial charge in [-0.05, 0) is 86.7 Å². The van der Waals surface area contributed by atoms with Gasteiger partial charge in [0.05, 0.1) is 12.1 Å². The predicted molar refractivity (Wildman–Crippen MR) is 125 cm³/mol. The van der Waals surface area contributed by atoms with Gasteiger partial charge in [0, 0.05) is 12.6 Å². The molecule has 2 aromatic heterocycles. The molecule has 0 aromatic carbocycles. The van der Waals surface area contributed by atoms with Crippen LogP contribution in [0.4, 0.5) is 5.82 Å². The minimum atomic E-state index is -0.540. The Kier molecular flexibility index (Phi) is 5.02. The van der Waals surface area contributed by atoms with Crippen LogP contribution in [0.25, 0.3) is 5.65 Å². The van der Waals surface area contributed by atoms with E-state index in [4.69, 9.17) is 0 Å². The second-order valence-electron chi connectivity index (χ2n) is 11.5. The average molecular weight is 451 g/mol. The molecule has 0 saturated heterocycles. The van der Waals surface area contributed by atoms with E-state index >= 15 is 0 Å². The first-order valence-corrected chi connectivity index (χ1v) is 12.7. The Hall–Kier alpha value is -2.41. The molecule has 33 heavy (non-hydrogen) atoms. The molecular formula is C26H34N4O3. The number of amides is 2. The number of nitrogens with one attached hydrogen (secondary N) is 2. The van der Waals surface area contributed by atoms with Crippen LogP contribution in [-0.4, -0.2) is 38.5 Å². The lowest BCUT2D eigenvalue weighted by Crippen LogP contribution is -2.49. The Bertz CT molecular complexity index is 1050. The quantitative estimate of drug-likeness (QED) is 0.622. The van der Waals surface area contributed by atoms with Crippen molar-refractivity contribution in [2.45, 2.75) is 76.2 Å². The molecule has 5 saturated carbocycles. The van der Waals surface area contributed by atoms with Gasteiger partial charge in [-0.25, -0.2) is 4.98 Å². The van der Waals surface area contributed by atoms with Crippen molar-refractivity contribution in [3.63, 3.8) is 0 Å². The lowest BCUT2D eigenvalue weighted by Gasteiger charge is -2.56. The van der Waals surface area contributed by atoms with Crippen LogP contribution in [0.2, 0.25) is 0 Å². The number of imidazole rings is 1. The van der Waals surface area contributed by atoms with E-state index in [0.717, 1.165) is 43.4 Å². The summed E-state index contributed by atoms with van der Waals surface area (Å²) >= 11 is 0. The minimum Gasteiger partial charge on any atom is -0.394 e. The van der Waals surface area contributed by atoms with Crippen molar-refractivity contribution >= 4 is 23.3 Å². The number of aliphatic hydroxyl groups is 1. The summed E-state index contributed by atoms with van der Waals surface area (Å²) in [5, 5.41) is 16.0. The Morgan fingerprint density at radius 2 is 1.73 bits per heavy atom. The Morgan fingerprint density at radius 1 is 1.06 bits per heavy atom. The summed E-state index contributed by atoms with van der Waals surface area (Å²) in [6.07, 6.45) is 13.6. The first-order valence-electron chi connectivity index (χ1n) is 12.7. The number of anilines is 1. The van der Waals surface area contributed by atoms with Crippen LogP contribution in [-0.2, 0) is 4.79 Å². The number of hydrogen-bond donors (Lipinski definition) is 3. The number of pyridine rings is 1. The Balaban J connectivity index is 1.18. The molecule has 5 aliphatic carbocycles. The monoisotopic (exact) mass is 450 g/mol. The van der Waals surface area contributed by atoms with E-state index < -0.39 is 5.54 Å². The van der Waals surface area contributed by atoms with Gasteiger partial charge in [-0.1, -0.05) is 18.9 Å². The van der Waals surface area contributed by atoms with Crippen LogP contribution < -0.4 is 10.6 Å². The smallest absolute Gasteiger partial charge is 0.272 e. The highest BCUT2D eigenvalue weighted by molar-refractivity contribution is 5.94. The number of hydrogen-bond acceptors (Lipinski definition) is 4. The van der Waals surface area contributed by atoms with Crippen LogP contribution in [0.1, 0.15) is 81.1 Å². The second kappa shape index (κ2) is 7.83. The molecule has 7 nitrogen and oxygen atoms in total. The lowest BCUT2D eigenvalue weighted by molar-refractivity contribution is -0.124. The van der Waals surface area contributed by atoms with Crippen molar-refractivity contribution in [1.29, 1.82) is 0 Å². The van der Waals surface area contributed by atoms with Gasteiger partial charge >= 0.3 is 0 Å². The van der Waals surface area contributed by atoms with Crippen LogP contribution in [0.3, 0.4) is 0 Å². The molecule has 2 aromatic rings. The van der Waals surface area contributed by atoms with Gasteiger partial charge in [0.1, 0.15) is 17.2 Å². The Morgan fingerprint density at radius 3 is 2.36 bits per heavy atom. The molecule has 0 aliphatic heterocycles. The number of nitrogens with zero attached hydrogens (tertiary/aromatic N) is 2. The third kappa shape index (κ3) is 3.84. The zero-order valence-electron chi connectivity index (χ0n) is 19.2. The topological polar surface area (TPSA) is 95.7 Å². The van der Waals surface area contributed by atoms with Gasteiger partial charge in [-0.3, -0.25) is 14.0 Å². The predicted octanol–water partition coefficient (Wildman–Crippen LogP) is 3.91. The van der Waals surface area contributed by atoms with Gasteiger partial charge in [-0.2, -0.15) is 0 Å². The molecule has 7 rings (SSSR count). The second-order valence-corrected chi connectivity index (χ2v) is 11.5. The highest BCUT2D eigenvalue weighted by Crippen LogP contribution is 2.61. The molecule has 0 spiro atoms. The summed E-state index contributed by atoms with van der Waals surface area (Å²) < 4.78 is 1.78. The van der Waals surface area contributed by atoms with Crippen LogP contribution in [0.5, 0.6) is 0 Å². The average Bonchev–Trinajstić information content (AvgIpc) is 3.40. The summed E-state index contributed by atoms with van der Waals surface area (Å²) in [5.41, 5.74) is 0.573. The number of rotatable bonds is 6. The molecule has 3 N–H and O–H groups in total. The molecular weight excluding hydrogens is 416 g/mol. The SMILES string of the molecule is O=C(CC12CC3CC(CC(C3)C1)C2)Nc1cccc2nc(C(=O)NC3(CO)CCCC3)cn12. The maximum atomic E-state index is 13.1. The van der Waals surface area contributed by atoms with E-state index in [0.29, 0.717) is 23.6 Å². The summed E-state index contributed by atoms with van der Waals surface area (Å²) in [6, 6.07) is 5.56. The van der Waals surface area contributed by atoms with Crippen LogP contribution in [0.15, 0.2) is 24.4 Å². The summed E-state index contributed by atoms with van der Waals surface area (Å²) in [7, 11) is 0. The lowest BCUT2D eigenvalue weighted by atomic mass is 9.49. The first kappa shape index (κ1) is 21.1. The fourth-order valence-corrected chi connectivity index (χ4v) is 7.94. The minimum absolute atomic E-state index is 0.0578. The van der Waals surface area contributed by atoms with Crippen molar-refractivity contribution < 1.29 is 14.7 Å².